The molecule has 0 spiro atoms. The number of thioether (sulfide) groups is 1. The quantitative estimate of drug-likeness (QED) is 0.546. The van der Waals surface area contributed by atoms with E-state index in [0.29, 0.717) is 12.2 Å². The van der Waals surface area contributed by atoms with E-state index in [4.69, 9.17) is 16.3 Å². The fourth-order valence-electron chi connectivity index (χ4n) is 1.43. The molecule has 0 aromatic carbocycles. The van der Waals surface area contributed by atoms with Crippen LogP contribution in [0.3, 0.4) is 0 Å². The highest BCUT2D eigenvalue weighted by atomic mass is 35.5. The standard InChI is InChI=1S/C11H17ClO3S/c1-8(2)15-9(13)5-11(3-4-11)7-16-10(14)6-12/h8H,3-7H2,1-2H3. The lowest BCUT2D eigenvalue weighted by atomic mass is 10.1. The molecule has 1 rings (SSSR count). The minimum atomic E-state index is -0.161. The Kier molecular flexibility index (Phi) is 5.12. The molecule has 0 heterocycles. The van der Waals surface area contributed by atoms with Gasteiger partial charge in [0.25, 0.3) is 0 Å². The van der Waals surface area contributed by atoms with Gasteiger partial charge in [-0.2, -0.15) is 0 Å². The third-order valence-corrected chi connectivity index (χ3v) is 4.12. The summed E-state index contributed by atoms with van der Waals surface area (Å²) in [4.78, 5) is 22.5. The van der Waals surface area contributed by atoms with Crippen LogP contribution in [0.5, 0.6) is 0 Å². The summed E-state index contributed by atoms with van der Waals surface area (Å²) in [7, 11) is 0. The fourth-order valence-corrected chi connectivity index (χ4v) is 2.60. The van der Waals surface area contributed by atoms with Crippen molar-refractivity contribution in [2.75, 3.05) is 11.6 Å². The molecule has 0 aliphatic heterocycles. The molecule has 1 aliphatic rings. The molecule has 16 heavy (non-hydrogen) atoms. The van der Waals surface area contributed by atoms with Crippen LogP contribution in [0, 0.1) is 5.41 Å². The van der Waals surface area contributed by atoms with E-state index in [1.54, 1.807) is 0 Å². The van der Waals surface area contributed by atoms with E-state index in [9.17, 15) is 9.59 Å². The van der Waals surface area contributed by atoms with Crippen LogP contribution in [-0.2, 0) is 14.3 Å². The Morgan fingerprint density at radius 1 is 1.44 bits per heavy atom. The second-order valence-electron chi connectivity index (χ2n) is 4.51. The average Bonchev–Trinajstić information content (AvgIpc) is 2.93. The zero-order valence-electron chi connectivity index (χ0n) is 9.62. The first-order chi connectivity index (χ1) is 7.47. The van der Waals surface area contributed by atoms with Crippen LogP contribution in [0.1, 0.15) is 33.1 Å². The average molecular weight is 265 g/mol. The topological polar surface area (TPSA) is 43.4 Å². The molecule has 1 saturated carbocycles. The lowest BCUT2D eigenvalue weighted by molar-refractivity contribution is -0.148. The van der Waals surface area contributed by atoms with E-state index in [-0.39, 0.29) is 28.5 Å². The van der Waals surface area contributed by atoms with Crippen LogP contribution in [0.2, 0.25) is 0 Å². The summed E-state index contributed by atoms with van der Waals surface area (Å²) in [6.07, 6.45) is 2.36. The van der Waals surface area contributed by atoms with Crippen LogP contribution in [0.15, 0.2) is 0 Å². The van der Waals surface area contributed by atoms with Gasteiger partial charge in [0.2, 0.25) is 5.12 Å². The molecular weight excluding hydrogens is 248 g/mol. The normalized spacial score (nSPS) is 17.2. The Morgan fingerprint density at radius 3 is 2.50 bits per heavy atom. The summed E-state index contributed by atoms with van der Waals surface area (Å²) in [5, 5.41) is -0.0230. The van der Waals surface area contributed by atoms with Gasteiger partial charge in [-0.25, -0.2) is 0 Å². The summed E-state index contributed by atoms with van der Waals surface area (Å²) in [5.74, 6) is 0.564. The number of hydrogen-bond donors (Lipinski definition) is 0. The van der Waals surface area contributed by atoms with Crippen LogP contribution >= 0.6 is 23.4 Å². The highest BCUT2D eigenvalue weighted by Crippen LogP contribution is 2.51. The van der Waals surface area contributed by atoms with Crippen molar-refractivity contribution >= 4 is 34.4 Å². The maximum absolute atomic E-state index is 11.5. The maximum Gasteiger partial charge on any atom is 0.306 e. The van der Waals surface area contributed by atoms with Crippen molar-refractivity contribution in [3.05, 3.63) is 0 Å². The number of carbonyl (C=O) groups is 2. The van der Waals surface area contributed by atoms with Crippen LogP contribution < -0.4 is 0 Å². The summed E-state index contributed by atoms with van der Waals surface area (Å²) >= 11 is 6.64. The number of esters is 1. The lowest BCUT2D eigenvalue weighted by Crippen LogP contribution is -2.18. The smallest absolute Gasteiger partial charge is 0.306 e. The van der Waals surface area contributed by atoms with Gasteiger partial charge in [0.1, 0.15) is 0 Å². The molecule has 3 nitrogen and oxygen atoms in total. The molecule has 5 heteroatoms. The third-order valence-electron chi connectivity index (χ3n) is 2.49. The van der Waals surface area contributed by atoms with Gasteiger partial charge in [0, 0.05) is 5.75 Å². The number of hydrogen-bond acceptors (Lipinski definition) is 4. The van der Waals surface area contributed by atoms with E-state index in [0.717, 1.165) is 12.8 Å². The predicted molar refractivity (Wildman–Crippen MR) is 65.7 cm³/mol. The molecule has 92 valence electrons. The van der Waals surface area contributed by atoms with Crippen molar-refractivity contribution in [2.24, 2.45) is 5.41 Å². The zero-order chi connectivity index (χ0) is 12.2. The van der Waals surface area contributed by atoms with Crippen LogP contribution in [-0.4, -0.2) is 28.8 Å². The molecule has 0 aromatic heterocycles. The zero-order valence-corrected chi connectivity index (χ0v) is 11.2. The number of alkyl halides is 1. The van der Waals surface area contributed by atoms with Crippen molar-refractivity contribution < 1.29 is 14.3 Å². The second kappa shape index (κ2) is 5.92. The van der Waals surface area contributed by atoms with Gasteiger partial charge < -0.3 is 4.74 Å². The first-order valence-electron chi connectivity index (χ1n) is 5.38. The van der Waals surface area contributed by atoms with E-state index in [1.165, 1.54) is 11.8 Å². The van der Waals surface area contributed by atoms with Gasteiger partial charge in [-0.05, 0) is 32.1 Å². The van der Waals surface area contributed by atoms with E-state index >= 15 is 0 Å². The molecule has 0 saturated heterocycles. The predicted octanol–water partition coefficient (Wildman–Crippen LogP) is 2.61. The molecule has 0 atom stereocenters. The minimum Gasteiger partial charge on any atom is -0.463 e. The Morgan fingerprint density at radius 2 is 2.06 bits per heavy atom. The van der Waals surface area contributed by atoms with Crippen molar-refractivity contribution in [2.45, 2.75) is 39.2 Å². The number of ether oxygens (including phenoxy) is 1. The number of halogens is 1. The fraction of sp³-hybridized carbons (Fsp3) is 0.818. The lowest BCUT2D eigenvalue weighted by Gasteiger charge is -2.14. The summed E-state index contributed by atoms with van der Waals surface area (Å²) in [6.45, 7) is 3.67. The van der Waals surface area contributed by atoms with Crippen molar-refractivity contribution in [3.8, 4) is 0 Å². The first kappa shape index (κ1) is 13.8. The molecule has 0 radical (unpaired) electrons. The Labute approximate surface area is 105 Å². The van der Waals surface area contributed by atoms with Gasteiger partial charge in [-0.3, -0.25) is 9.59 Å². The van der Waals surface area contributed by atoms with Crippen molar-refractivity contribution in [3.63, 3.8) is 0 Å². The Bertz CT molecular complexity index is 274. The first-order valence-corrected chi connectivity index (χ1v) is 6.90. The third kappa shape index (κ3) is 4.74. The molecule has 0 N–H and O–H groups in total. The largest absolute Gasteiger partial charge is 0.463 e. The van der Waals surface area contributed by atoms with Gasteiger partial charge >= 0.3 is 5.97 Å². The summed E-state index contributed by atoms with van der Waals surface area (Å²) in [5.41, 5.74) is -0.00163. The maximum atomic E-state index is 11.5. The molecule has 0 unspecified atom stereocenters. The van der Waals surface area contributed by atoms with E-state index < -0.39 is 0 Å². The van der Waals surface area contributed by atoms with Gasteiger partial charge in [-0.15, -0.1) is 11.6 Å². The highest BCUT2D eigenvalue weighted by molar-refractivity contribution is 8.13. The molecule has 0 amide bonds. The Hall–Kier alpha value is -0.220. The molecular formula is C11H17ClO3S. The summed E-state index contributed by atoms with van der Waals surface area (Å²) in [6, 6.07) is 0. The number of carbonyl (C=O) groups excluding carboxylic acids is 2. The number of rotatable bonds is 6. The SMILES string of the molecule is CC(C)OC(=O)CC1(CSC(=O)CCl)CC1. The van der Waals surface area contributed by atoms with Gasteiger partial charge in [-0.1, -0.05) is 11.8 Å². The minimum absolute atomic E-state index is 0.00163. The Balaban J connectivity index is 2.30. The molecule has 0 bridgehead atoms. The van der Waals surface area contributed by atoms with Crippen LogP contribution in [0.4, 0.5) is 0 Å². The monoisotopic (exact) mass is 264 g/mol. The second-order valence-corrected chi connectivity index (χ2v) is 5.81. The molecule has 0 aromatic rings. The van der Waals surface area contributed by atoms with Crippen molar-refractivity contribution in [1.82, 2.24) is 0 Å². The molecule has 1 aliphatic carbocycles. The van der Waals surface area contributed by atoms with Gasteiger partial charge in [0.05, 0.1) is 18.4 Å². The van der Waals surface area contributed by atoms with Crippen LogP contribution in [0.25, 0.3) is 0 Å². The summed E-state index contributed by atoms with van der Waals surface area (Å²) < 4.78 is 5.10. The highest BCUT2D eigenvalue weighted by Gasteiger charge is 2.45. The van der Waals surface area contributed by atoms with Gasteiger partial charge in [0.15, 0.2) is 0 Å². The van der Waals surface area contributed by atoms with Crippen molar-refractivity contribution in [1.29, 1.82) is 0 Å². The van der Waals surface area contributed by atoms with E-state index in [2.05, 4.69) is 0 Å². The molecule has 1 fully saturated rings. The van der Waals surface area contributed by atoms with E-state index in [1.807, 2.05) is 13.8 Å².